The number of nitrogens with one attached hydrogen (secondary N) is 1. The van der Waals surface area contributed by atoms with Gasteiger partial charge < -0.3 is 24.4 Å². The van der Waals surface area contributed by atoms with Gasteiger partial charge in [-0.1, -0.05) is 19.9 Å². The number of carbonyl (C=O) groups excluding carboxylic acids is 1. The zero-order valence-corrected chi connectivity index (χ0v) is 18.6. The molecular weight excluding hydrogens is 392 g/mol. The summed E-state index contributed by atoms with van der Waals surface area (Å²) < 4.78 is 16.6. The van der Waals surface area contributed by atoms with E-state index in [0.29, 0.717) is 24.0 Å². The molecule has 1 saturated heterocycles. The van der Waals surface area contributed by atoms with Gasteiger partial charge in [-0.05, 0) is 60.4 Å². The monoisotopic (exact) mass is 424 g/mol. The largest absolute Gasteiger partial charge is 0.493 e. The topological polar surface area (TPSA) is 60.0 Å². The maximum absolute atomic E-state index is 12.3. The average Bonchev–Trinajstić information content (AvgIpc) is 2.79. The van der Waals surface area contributed by atoms with Gasteiger partial charge in [-0.2, -0.15) is 0 Å². The second kappa shape index (κ2) is 11.4. The third kappa shape index (κ3) is 7.03. The minimum absolute atomic E-state index is 0.185. The number of hydrogen-bond acceptors (Lipinski definition) is 5. The highest BCUT2D eigenvalue weighted by molar-refractivity contribution is 6.02. The Kier molecular flexibility index (Phi) is 8.35. The van der Waals surface area contributed by atoms with Crippen LogP contribution in [0.4, 0.5) is 11.4 Å². The van der Waals surface area contributed by atoms with Crippen LogP contribution in [0.5, 0.6) is 11.5 Å². The minimum atomic E-state index is -0.185. The van der Waals surface area contributed by atoms with Crippen LogP contribution in [0.1, 0.15) is 25.8 Å². The lowest BCUT2D eigenvalue weighted by Gasteiger charge is -2.28. The summed E-state index contributed by atoms with van der Waals surface area (Å²) >= 11 is 0. The lowest BCUT2D eigenvalue weighted by Crippen LogP contribution is -2.36. The Morgan fingerprint density at radius 2 is 1.87 bits per heavy atom. The maximum atomic E-state index is 12.3. The van der Waals surface area contributed by atoms with Gasteiger partial charge in [-0.3, -0.25) is 4.79 Å². The number of nitrogens with zero attached hydrogens (tertiary/aromatic N) is 1. The Labute approximate surface area is 184 Å². The van der Waals surface area contributed by atoms with E-state index >= 15 is 0 Å². The van der Waals surface area contributed by atoms with Crippen LogP contribution < -0.4 is 19.7 Å². The van der Waals surface area contributed by atoms with Crippen molar-refractivity contribution < 1.29 is 19.0 Å². The number of methoxy groups -OCH3 is 1. The molecule has 0 unspecified atom stereocenters. The first-order valence-corrected chi connectivity index (χ1v) is 10.8. The number of amides is 1. The molecule has 0 radical (unpaired) electrons. The molecule has 0 spiro atoms. The van der Waals surface area contributed by atoms with E-state index in [9.17, 15) is 4.79 Å². The van der Waals surface area contributed by atoms with Gasteiger partial charge in [0.25, 0.3) is 0 Å². The maximum Gasteiger partial charge on any atom is 0.248 e. The molecule has 166 valence electrons. The molecule has 1 aliphatic rings. The van der Waals surface area contributed by atoms with Gasteiger partial charge in [0, 0.05) is 30.5 Å². The zero-order chi connectivity index (χ0) is 22.1. The number of morpholine rings is 1. The molecule has 1 N–H and O–H groups in total. The second-order valence-electron chi connectivity index (χ2n) is 7.91. The van der Waals surface area contributed by atoms with E-state index in [1.165, 1.54) is 6.08 Å². The summed E-state index contributed by atoms with van der Waals surface area (Å²) in [7, 11) is 1.62. The molecule has 0 bridgehead atoms. The first-order chi connectivity index (χ1) is 15.0. The van der Waals surface area contributed by atoms with Gasteiger partial charge >= 0.3 is 0 Å². The summed E-state index contributed by atoms with van der Waals surface area (Å²) in [6.45, 7) is 8.25. The number of ether oxygens (including phenoxy) is 3. The standard InChI is InChI=1S/C25H32N2O4/c1-19(2)12-15-31-23-10-4-20(18-24(23)29-3)5-11-25(28)26-21-6-8-22(9-7-21)27-13-16-30-17-14-27/h4-11,18-19H,12-17H2,1-3H3,(H,26,28)/b11-5+. The highest BCUT2D eigenvalue weighted by Gasteiger charge is 2.11. The number of benzene rings is 2. The lowest BCUT2D eigenvalue weighted by atomic mass is 10.1. The van der Waals surface area contributed by atoms with E-state index in [1.54, 1.807) is 13.2 Å². The molecule has 3 rings (SSSR count). The third-order valence-corrected chi connectivity index (χ3v) is 5.08. The predicted molar refractivity (Wildman–Crippen MR) is 125 cm³/mol. The molecular formula is C25H32N2O4. The molecule has 2 aromatic rings. The smallest absolute Gasteiger partial charge is 0.248 e. The normalized spacial score (nSPS) is 14.1. The fourth-order valence-electron chi connectivity index (χ4n) is 3.24. The molecule has 6 heteroatoms. The highest BCUT2D eigenvalue weighted by Crippen LogP contribution is 2.29. The van der Waals surface area contributed by atoms with Crippen LogP contribution in [0.3, 0.4) is 0 Å². The van der Waals surface area contributed by atoms with Crippen LogP contribution in [-0.4, -0.2) is 45.9 Å². The van der Waals surface area contributed by atoms with Crippen molar-refractivity contribution >= 4 is 23.4 Å². The number of anilines is 2. The van der Waals surface area contributed by atoms with E-state index in [4.69, 9.17) is 14.2 Å². The summed E-state index contributed by atoms with van der Waals surface area (Å²) in [5.74, 6) is 1.77. The SMILES string of the molecule is COc1cc(/C=C/C(=O)Nc2ccc(N3CCOCC3)cc2)ccc1OCCC(C)C. The molecule has 1 heterocycles. The predicted octanol–water partition coefficient (Wildman–Crippen LogP) is 4.61. The van der Waals surface area contributed by atoms with Crippen molar-refractivity contribution in [1.29, 1.82) is 0 Å². The number of carbonyl (C=O) groups is 1. The Morgan fingerprint density at radius 3 is 2.55 bits per heavy atom. The Morgan fingerprint density at radius 1 is 1.13 bits per heavy atom. The lowest BCUT2D eigenvalue weighted by molar-refractivity contribution is -0.111. The molecule has 1 amide bonds. The third-order valence-electron chi connectivity index (χ3n) is 5.08. The van der Waals surface area contributed by atoms with Crippen LogP contribution in [-0.2, 0) is 9.53 Å². The highest BCUT2D eigenvalue weighted by atomic mass is 16.5. The van der Waals surface area contributed by atoms with Crippen molar-refractivity contribution in [3.8, 4) is 11.5 Å². The fourth-order valence-corrected chi connectivity index (χ4v) is 3.24. The Bertz CT molecular complexity index is 872. The number of rotatable bonds is 9. The van der Waals surface area contributed by atoms with Crippen LogP contribution in [0.15, 0.2) is 48.5 Å². The van der Waals surface area contributed by atoms with Gasteiger partial charge in [-0.25, -0.2) is 0 Å². The summed E-state index contributed by atoms with van der Waals surface area (Å²) in [5.41, 5.74) is 2.77. The van der Waals surface area contributed by atoms with Crippen molar-refractivity contribution in [2.24, 2.45) is 5.92 Å². The molecule has 31 heavy (non-hydrogen) atoms. The minimum Gasteiger partial charge on any atom is -0.493 e. The van der Waals surface area contributed by atoms with Crippen LogP contribution in [0.25, 0.3) is 6.08 Å². The fraction of sp³-hybridized carbons (Fsp3) is 0.400. The Hall–Kier alpha value is -2.99. The molecule has 2 aromatic carbocycles. The molecule has 0 aliphatic carbocycles. The van der Waals surface area contributed by atoms with Crippen molar-refractivity contribution in [2.75, 3.05) is 50.2 Å². The molecule has 1 fully saturated rings. The van der Waals surface area contributed by atoms with Crippen molar-refractivity contribution in [1.82, 2.24) is 0 Å². The van der Waals surface area contributed by atoms with Gasteiger partial charge in [0.15, 0.2) is 11.5 Å². The second-order valence-corrected chi connectivity index (χ2v) is 7.91. The van der Waals surface area contributed by atoms with Gasteiger partial charge in [0.2, 0.25) is 5.91 Å². The molecule has 6 nitrogen and oxygen atoms in total. The van der Waals surface area contributed by atoms with E-state index < -0.39 is 0 Å². The van der Waals surface area contributed by atoms with Crippen molar-refractivity contribution in [2.45, 2.75) is 20.3 Å². The average molecular weight is 425 g/mol. The van der Waals surface area contributed by atoms with Crippen molar-refractivity contribution in [3.63, 3.8) is 0 Å². The van der Waals surface area contributed by atoms with E-state index in [1.807, 2.05) is 42.5 Å². The molecule has 0 atom stereocenters. The van der Waals surface area contributed by atoms with Crippen LogP contribution >= 0.6 is 0 Å². The molecule has 0 aromatic heterocycles. The quantitative estimate of drug-likeness (QED) is 0.596. The van der Waals surface area contributed by atoms with Gasteiger partial charge in [0.05, 0.1) is 26.9 Å². The van der Waals surface area contributed by atoms with E-state index in [2.05, 4.69) is 24.1 Å². The van der Waals surface area contributed by atoms with Gasteiger partial charge in [0.1, 0.15) is 0 Å². The summed E-state index contributed by atoms with van der Waals surface area (Å²) in [6.07, 6.45) is 4.26. The first kappa shape index (κ1) is 22.7. The Balaban J connectivity index is 1.55. The summed E-state index contributed by atoms with van der Waals surface area (Å²) in [5, 5.41) is 2.90. The van der Waals surface area contributed by atoms with Crippen LogP contribution in [0, 0.1) is 5.92 Å². The van der Waals surface area contributed by atoms with E-state index in [0.717, 1.165) is 49.7 Å². The van der Waals surface area contributed by atoms with Crippen LogP contribution in [0.2, 0.25) is 0 Å². The summed E-state index contributed by atoms with van der Waals surface area (Å²) in [4.78, 5) is 14.6. The summed E-state index contributed by atoms with van der Waals surface area (Å²) in [6, 6.07) is 13.5. The van der Waals surface area contributed by atoms with Gasteiger partial charge in [-0.15, -0.1) is 0 Å². The zero-order valence-electron chi connectivity index (χ0n) is 18.6. The first-order valence-electron chi connectivity index (χ1n) is 10.8. The molecule has 0 saturated carbocycles. The van der Waals surface area contributed by atoms with E-state index in [-0.39, 0.29) is 5.91 Å². The van der Waals surface area contributed by atoms with Crippen molar-refractivity contribution in [3.05, 3.63) is 54.1 Å². The molecule has 1 aliphatic heterocycles. The number of hydrogen-bond donors (Lipinski definition) is 1.